The van der Waals surface area contributed by atoms with Gasteiger partial charge < -0.3 is 29.6 Å². The molecule has 0 atom stereocenters. The number of fused-ring (bicyclic) bond motifs is 2. The summed E-state index contributed by atoms with van der Waals surface area (Å²) in [5.74, 6) is 4.25. The summed E-state index contributed by atoms with van der Waals surface area (Å²) >= 11 is 5.89. The number of amides is 2. The molecule has 0 fully saturated rings. The number of hydrogen-bond donors (Lipinski definition) is 2. The fourth-order valence-electron chi connectivity index (χ4n) is 5.14. The summed E-state index contributed by atoms with van der Waals surface area (Å²) in [6, 6.07) is 33.3. The third-order valence-corrected chi connectivity index (χ3v) is 11.8. The number of rotatable bonds is 16. The van der Waals surface area contributed by atoms with E-state index in [0.717, 1.165) is 40.6 Å². The maximum atomic E-state index is 12.6. The van der Waals surface area contributed by atoms with Crippen molar-refractivity contribution in [3.63, 3.8) is 0 Å². The number of ether oxygens (including phenoxy) is 4. The van der Waals surface area contributed by atoms with Crippen molar-refractivity contribution in [2.24, 2.45) is 0 Å². The van der Waals surface area contributed by atoms with Crippen LogP contribution in [0.4, 0.5) is 11.4 Å². The highest BCUT2D eigenvalue weighted by Gasteiger charge is 2.12. The predicted octanol–water partition coefficient (Wildman–Crippen LogP) is 10.7. The molecular formula is C40H34N4O6S4. The lowest BCUT2D eigenvalue weighted by Crippen LogP contribution is -2.13. The number of nitrogens with zero attached hydrogens (tertiary/aromatic N) is 2. The lowest BCUT2D eigenvalue weighted by Gasteiger charge is -2.11. The van der Waals surface area contributed by atoms with Crippen LogP contribution in [-0.4, -0.2) is 46.5 Å². The molecule has 54 heavy (non-hydrogen) atoms. The fourth-order valence-corrected chi connectivity index (χ4v) is 8.93. The number of carbonyl (C=O) groups is 2. The molecule has 2 aromatic heterocycles. The van der Waals surface area contributed by atoms with Gasteiger partial charge in [0.1, 0.15) is 34.5 Å². The molecule has 0 saturated carbocycles. The Balaban J connectivity index is 0.855. The summed E-state index contributed by atoms with van der Waals surface area (Å²) in [5, 5.41) is 5.85. The molecule has 0 saturated heterocycles. The first-order valence-corrected chi connectivity index (χ1v) is 20.6. The van der Waals surface area contributed by atoms with Crippen LogP contribution in [0.5, 0.6) is 34.5 Å². The van der Waals surface area contributed by atoms with Gasteiger partial charge in [0.15, 0.2) is 8.68 Å². The molecule has 10 nitrogen and oxygen atoms in total. The molecule has 5 aromatic carbocycles. The zero-order chi connectivity index (χ0) is 37.3. The van der Waals surface area contributed by atoms with Crippen molar-refractivity contribution in [3.8, 4) is 34.5 Å². The van der Waals surface area contributed by atoms with E-state index in [9.17, 15) is 9.59 Å². The number of aromatic nitrogens is 2. The van der Waals surface area contributed by atoms with Crippen molar-refractivity contribution in [2.75, 3.05) is 35.4 Å². The van der Waals surface area contributed by atoms with Gasteiger partial charge in [0.2, 0.25) is 11.8 Å². The van der Waals surface area contributed by atoms with Crippen LogP contribution in [0.1, 0.15) is 13.8 Å². The summed E-state index contributed by atoms with van der Waals surface area (Å²) in [4.78, 5) is 34.5. The monoisotopic (exact) mass is 794 g/mol. The van der Waals surface area contributed by atoms with Gasteiger partial charge in [-0.3, -0.25) is 9.59 Å². The number of hydrogen-bond acceptors (Lipinski definition) is 12. The topological polar surface area (TPSA) is 121 Å². The van der Waals surface area contributed by atoms with Crippen molar-refractivity contribution in [1.82, 2.24) is 9.97 Å². The first kappa shape index (κ1) is 37.1. The zero-order valence-corrected chi connectivity index (χ0v) is 32.5. The second-order valence-electron chi connectivity index (χ2n) is 11.5. The van der Waals surface area contributed by atoms with Gasteiger partial charge in [-0.2, -0.15) is 0 Å². The van der Waals surface area contributed by atoms with Crippen LogP contribution >= 0.6 is 46.2 Å². The first-order valence-electron chi connectivity index (χ1n) is 17.0. The Kier molecular flexibility index (Phi) is 12.1. The molecule has 0 radical (unpaired) electrons. The van der Waals surface area contributed by atoms with Crippen LogP contribution in [0.25, 0.3) is 20.4 Å². The van der Waals surface area contributed by atoms with E-state index in [-0.39, 0.29) is 23.3 Å². The van der Waals surface area contributed by atoms with Crippen molar-refractivity contribution in [3.05, 3.63) is 109 Å². The van der Waals surface area contributed by atoms with Crippen LogP contribution in [0, 0.1) is 0 Å². The molecule has 7 rings (SSSR count). The minimum Gasteiger partial charge on any atom is -0.494 e. The van der Waals surface area contributed by atoms with E-state index in [2.05, 4.69) is 20.6 Å². The van der Waals surface area contributed by atoms with Gasteiger partial charge in [0.25, 0.3) is 0 Å². The van der Waals surface area contributed by atoms with Gasteiger partial charge >= 0.3 is 0 Å². The SMILES string of the molecule is CCOc1ccc2nc(SCC(=O)Nc3ccc(Oc4cccc(Oc5ccc(NC(=O)CSc6nc7ccc(OCC)cc7s6)cc5)c4)cc3)sc2c1. The summed E-state index contributed by atoms with van der Waals surface area (Å²) in [5.41, 5.74) is 3.11. The van der Waals surface area contributed by atoms with E-state index in [1.165, 1.54) is 23.5 Å². The largest absolute Gasteiger partial charge is 0.494 e. The van der Waals surface area contributed by atoms with Crippen LogP contribution in [0.2, 0.25) is 0 Å². The highest BCUT2D eigenvalue weighted by atomic mass is 32.2. The molecule has 7 aromatic rings. The van der Waals surface area contributed by atoms with Crippen molar-refractivity contribution < 1.29 is 28.5 Å². The number of thioether (sulfide) groups is 2. The molecule has 2 heterocycles. The third-order valence-electron chi connectivity index (χ3n) is 7.51. The third kappa shape index (κ3) is 10.0. The van der Waals surface area contributed by atoms with Gasteiger partial charge in [-0.25, -0.2) is 9.97 Å². The van der Waals surface area contributed by atoms with Crippen molar-refractivity contribution in [2.45, 2.75) is 22.5 Å². The van der Waals surface area contributed by atoms with Gasteiger partial charge in [-0.15, -0.1) is 22.7 Å². The first-order chi connectivity index (χ1) is 26.4. The molecule has 0 bridgehead atoms. The van der Waals surface area contributed by atoms with Crippen LogP contribution in [0.3, 0.4) is 0 Å². The molecule has 2 amide bonds. The number of thiazole rings is 2. The average molecular weight is 795 g/mol. The van der Waals surface area contributed by atoms with Gasteiger partial charge in [0, 0.05) is 17.4 Å². The maximum Gasteiger partial charge on any atom is 0.234 e. The van der Waals surface area contributed by atoms with E-state index in [1.807, 2.05) is 68.4 Å². The molecule has 0 aliphatic carbocycles. The molecule has 0 unspecified atom stereocenters. The van der Waals surface area contributed by atoms with Crippen LogP contribution < -0.4 is 29.6 Å². The second kappa shape index (κ2) is 17.7. The minimum atomic E-state index is -0.125. The Hall–Kier alpha value is -5.28. The van der Waals surface area contributed by atoms with Crippen molar-refractivity contribution in [1.29, 1.82) is 0 Å². The Morgan fingerprint density at radius 2 is 0.981 bits per heavy atom. The number of carbonyl (C=O) groups excluding carboxylic acids is 2. The molecule has 2 N–H and O–H groups in total. The maximum absolute atomic E-state index is 12.6. The molecule has 0 aliphatic heterocycles. The van der Waals surface area contributed by atoms with Gasteiger partial charge in [-0.05, 0) is 111 Å². The molecular weight excluding hydrogens is 761 g/mol. The number of benzene rings is 5. The summed E-state index contributed by atoms with van der Waals surface area (Å²) < 4.78 is 27.0. The number of nitrogens with one attached hydrogen (secondary N) is 2. The Morgan fingerprint density at radius 3 is 1.41 bits per heavy atom. The highest BCUT2D eigenvalue weighted by Crippen LogP contribution is 2.34. The summed E-state index contributed by atoms with van der Waals surface area (Å²) in [6.45, 7) is 5.11. The van der Waals surface area contributed by atoms with Gasteiger partial charge in [-0.1, -0.05) is 29.6 Å². The van der Waals surface area contributed by atoms with E-state index in [1.54, 1.807) is 77.3 Å². The number of anilines is 2. The highest BCUT2D eigenvalue weighted by molar-refractivity contribution is 8.02. The molecule has 14 heteroatoms. The Bertz CT molecular complexity index is 2220. The lowest BCUT2D eigenvalue weighted by atomic mass is 10.2. The second-order valence-corrected chi connectivity index (χ2v) is 16.0. The van der Waals surface area contributed by atoms with Crippen LogP contribution in [0.15, 0.2) is 118 Å². The average Bonchev–Trinajstić information content (AvgIpc) is 3.78. The van der Waals surface area contributed by atoms with E-state index in [0.29, 0.717) is 47.6 Å². The molecule has 274 valence electrons. The fraction of sp³-hybridized carbons (Fsp3) is 0.150. The molecule has 0 aliphatic rings. The Morgan fingerprint density at radius 1 is 0.556 bits per heavy atom. The lowest BCUT2D eigenvalue weighted by molar-refractivity contribution is -0.114. The zero-order valence-electron chi connectivity index (χ0n) is 29.2. The van der Waals surface area contributed by atoms with Crippen molar-refractivity contribution >= 4 is 89.8 Å². The van der Waals surface area contributed by atoms with E-state index < -0.39 is 0 Å². The quantitative estimate of drug-likeness (QED) is 0.0915. The van der Waals surface area contributed by atoms with Gasteiger partial charge in [0.05, 0.1) is 45.2 Å². The standard InChI is InChI=1S/C40H34N4O6S4/c1-3-47-29-16-18-33-35(21-29)53-39(43-33)51-23-37(45)41-25-8-12-27(13-9-25)49-31-6-5-7-32(20-31)50-28-14-10-26(11-15-28)42-38(46)24-52-40-44-34-19-17-30(48-4-2)22-36(34)54-40/h5-22H,3-4,23-24H2,1-2H3,(H,41,45)(H,42,46). The Labute approximate surface area is 328 Å². The predicted molar refractivity (Wildman–Crippen MR) is 220 cm³/mol. The normalized spacial score (nSPS) is 11.0. The molecule has 0 spiro atoms. The van der Waals surface area contributed by atoms with E-state index in [4.69, 9.17) is 18.9 Å². The van der Waals surface area contributed by atoms with Crippen LogP contribution in [-0.2, 0) is 9.59 Å². The smallest absolute Gasteiger partial charge is 0.234 e. The summed E-state index contributed by atoms with van der Waals surface area (Å²) in [6.07, 6.45) is 0. The summed E-state index contributed by atoms with van der Waals surface area (Å²) in [7, 11) is 0. The van der Waals surface area contributed by atoms with E-state index >= 15 is 0 Å². The minimum absolute atomic E-state index is 0.125.